The average Bonchev–Trinajstić information content (AvgIpc) is 2.36. The Kier molecular flexibility index (Phi) is 6.52. The van der Waals surface area contributed by atoms with Gasteiger partial charge in [-0.3, -0.25) is 4.79 Å². The maximum absolute atomic E-state index is 11.7. The molecule has 0 aromatic rings. The van der Waals surface area contributed by atoms with Gasteiger partial charge in [-0.25, -0.2) is 0 Å². The highest BCUT2D eigenvalue weighted by Gasteiger charge is 2.18. The van der Waals surface area contributed by atoms with Crippen LogP contribution in [-0.2, 0) is 9.53 Å². The quantitative estimate of drug-likeness (QED) is 0.738. The highest BCUT2D eigenvalue weighted by molar-refractivity contribution is 5.80. The normalized spacial score (nSPS) is 20.9. The molecule has 2 atom stereocenters. The van der Waals surface area contributed by atoms with Crippen molar-refractivity contribution in [2.24, 2.45) is 5.92 Å². The van der Waals surface area contributed by atoms with E-state index in [9.17, 15) is 4.79 Å². The maximum Gasteiger partial charge on any atom is 0.249 e. The molecule has 17 heavy (non-hydrogen) atoms. The molecular formula is C13H26N2O2. The molecule has 1 aliphatic heterocycles. The highest BCUT2D eigenvalue weighted by atomic mass is 16.5. The smallest absolute Gasteiger partial charge is 0.249 e. The Morgan fingerprint density at radius 2 is 2.06 bits per heavy atom. The third-order valence-electron chi connectivity index (χ3n) is 3.41. The fourth-order valence-electron chi connectivity index (χ4n) is 1.87. The van der Waals surface area contributed by atoms with Gasteiger partial charge in [-0.2, -0.15) is 0 Å². The number of piperidine rings is 1. The third-order valence-corrected chi connectivity index (χ3v) is 3.41. The number of hydrogen-bond acceptors (Lipinski definition) is 3. The minimum atomic E-state index is -0.334. The Labute approximate surface area is 104 Å². The molecule has 4 heteroatoms. The van der Waals surface area contributed by atoms with E-state index in [0.29, 0.717) is 12.5 Å². The molecule has 1 rings (SSSR count). The summed E-state index contributed by atoms with van der Waals surface area (Å²) in [6, 6.07) is 0.229. The summed E-state index contributed by atoms with van der Waals surface area (Å²) < 4.78 is 5.65. The lowest BCUT2D eigenvalue weighted by Gasteiger charge is -2.24. The first-order valence-electron chi connectivity index (χ1n) is 6.76. The van der Waals surface area contributed by atoms with Gasteiger partial charge in [0, 0.05) is 6.04 Å². The van der Waals surface area contributed by atoms with Crippen molar-refractivity contribution in [3.05, 3.63) is 0 Å². The zero-order valence-electron chi connectivity index (χ0n) is 11.3. The van der Waals surface area contributed by atoms with Crippen molar-refractivity contribution < 1.29 is 9.53 Å². The van der Waals surface area contributed by atoms with E-state index in [1.165, 1.54) is 0 Å². The van der Waals surface area contributed by atoms with Gasteiger partial charge in [0.25, 0.3) is 0 Å². The number of nitrogens with one attached hydrogen (secondary N) is 2. The van der Waals surface area contributed by atoms with E-state index in [1.807, 2.05) is 13.8 Å². The summed E-state index contributed by atoms with van der Waals surface area (Å²) in [6.45, 7) is 8.75. The maximum atomic E-state index is 11.7. The van der Waals surface area contributed by atoms with Crippen LogP contribution in [-0.4, -0.2) is 37.7 Å². The summed E-state index contributed by atoms with van der Waals surface area (Å²) in [5, 5.41) is 6.26. The van der Waals surface area contributed by atoms with Crippen molar-refractivity contribution in [2.75, 3.05) is 19.7 Å². The lowest BCUT2D eigenvalue weighted by Crippen LogP contribution is -2.40. The second-order valence-electron chi connectivity index (χ2n) is 4.99. The Bertz CT molecular complexity index is 227. The summed E-state index contributed by atoms with van der Waals surface area (Å²) in [7, 11) is 0. The zero-order chi connectivity index (χ0) is 12.7. The molecule has 2 N–H and O–H groups in total. The first-order valence-corrected chi connectivity index (χ1v) is 6.76. The number of rotatable bonds is 6. The van der Waals surface area contributed by atoms with E-state index >= 15 is 0 Å². The van der Waals surface area contributed by atoms with Crippen LogP contribution in [0.5, 0.6) is 0 Å². The van der Waals surface area contributed by atoms with Gasteiger partial charge in [-0.1, -0.05) is 6.92 Å². The Morgan fingerprint density at radius 1 is 1.41 bits per heavy atom. The fourth-order valence-corrected chi connectivity index (χ4v) is 1.87. The monoisotopic (exact) mass is 242 g/mol. The van der Waals surface area contributed by atoms with Gasteiger partial charge < -0.3 is 15.4 Å². The van der Waals surface area contributed by atoms with Crippen LogP contribution in [0.2, 0.25) is 0 Å². The van der Waals surface area contributed by atoms with Crippen molar-refractivity contribution in [2.45, 2.75) is 52.2 Å². The van der Waals surface area contributed by atoms with Crippen LogP contribution >= 0.6 is 0 Å². The minimum Gasteiger partial charge on any atom is -0.368 e. The Balaban J connectivity index is 2.18. The van der Waals surface area contributed by atoms with Gasteiger partial charge in [-0.05, 0) is 52.1 Å². The molecule has 0 aromatic heterocycles. The van der Waals surface area contributed by atoms with Gasteiger partial charge in [-0.15, -0.1) is 0 Å². The van der Waals surface area contributed by atoms with Crippen LogP contribution in [0.3, 0.4) is 0 Å². The van der Waals surface area contributed by atoms with Gasteiger partial charge in [0.2, 0.25) is 5.91 Å². The summed E-state index contributed by atoms with van der Waals surface area (Å²) in [5.74, 6) is 0.614. The number of hydrogen-bond donors (Lipinski definition) is 2. The molecule has 1 heterocycles. The number of ether oxygens (including phenoxy) is 1. The molecule has 0 aliphatic carbocycles. The molecule has 0 spiro atoms. The van der Waals surface area contributed by atoms with E-state index in [-0.39, 0.29) is 18.1 Å². The van der Waals surface area contributed by atoms with Crippen molar-refractivity contribution in [3.8, 4) is 0 Å². The molecule has 100 valence electrons. The van der Waals surface area contributed by atoms with Crippen molar-refractivity contribution >= 4 is 5.91 Å². The SMILES string of the molecule is CCC(C)NC(=O)C(C)OCC1CCNCC1. The highest BCUT2D eigenvalue weighted by Crippen LogP contribution is 2.12. The van der Waals surface area contributed by atoms with Gasteiger partial charge in [0.05, 0.1) is 6.61 Å². The minimum absolute atomic E-state index is 0.00767. The molecule has 1 saturated heterocycles. The Morgan fingerprint density at radius 3 is 2.65 bits per heavy atom. The van der Waals surface area contributed by atoms with E-state index in [2.05, 4.69) is 17.6 Å². The number of carbonyl (C=O) groups excluding carboxylic acids is 1. The van der Waals surface area contributed by atoms with Crippen LogP contribution < -0.4 is 10.6 Å². The van der Waals surface area contributed by atoms with Gasteiger partial charge in [0.1, 0.15) is 6.10 Å². The van der Waals surface area contributed by atoms with Crippen molar-refractivity contribution in [1.82, 2.24) is 10.6 Å². The second kappa shape index (κ2) is 7.67. The summed E-state index contributed by atoms with van der Waals surface area (Å²) >= 11 is 0. The van der Waals surface area contributed by atoms with Gasteiger partial charge in [0.15, 0.2) is 0 Å². The molecule has 1 aliphatic rings. The molecule has 0 saturated carbocycles. The summed E-state index contributed by atoms with van der Waals surface area (Å²) in [5.41, 5.74) is 0. The van der Waals surface area contributed by atoms with Crippen LogP contribution in [0.15, 0.2) is 0 Å². The van der Waals surface area contributed by atoms with Crippen LogP contribution in [0, 0.1) is 5.92 Å². The molecule has 4 nitrogen and oxygen atoms in total. The van der Waals surface area contributed by atoms with E-state index < -0.39 is 0 Å². The fraction of sp³-hybridized carbons (Fsp3) is 0.923. The third kappa shape index (κ3) is 5.50. The zero-order valence-corrected chi connectivity index (χ0v) is 11.3. The molecule has 2 unspecified atom stereocenters. The van der Waals surface area contributed by atoms with Crippen LogP contribution in [0.25, 0.3) is 0 Å². The lowest BCUT2D eigenvalue weighted by atomic mass is 9.99. The van der Waals surface area contributed by atoms with E-state index in [0.717, 1.165) is 32.4 Å². The number of carbonyl (C=O) groups is 1. The predicted octanol–water partition coefficient (Wildman–Crippen LogP) is 1.31. The van der Waals surface area contributed by atoms with E-state index in [4.69, 9.17) is 4.74 Å². The topological polar surface area (TPSA) is 50.4 Å². The summed E-state index contributed by atoms with van der Waals surface area (Å²) in [6.07, 6.45) is 2.92. The predicted molar refractivity (Wildman–Crippen MR) is 68.9 cm³/mol. The first-order chi connectivity index (χ1) is 8.13. The number of amides is 1. The van der Waals surface area contributed by atoms with Crippen LogP contribution in [0.4, 0.5) is 0 Å². The molecule has 1 fully saturated rings. The molecule has 0 aromatic carbocycles. The van der Waals surface area contributed by atoms with Crippen LogP contribution in [0.1, 0.15) is 40.0 Å². The second-order valence-corrected chi connectivity index (χ2v) is 4.99. The average molecular weight is 242 g/mol. The standard InChI is InChI=1S/C13H26N2O2/c1-4-10(2)15-13(16)11(3)17-9-12-5-7-14-8-6-12/h10-12,14H,4-9H2,1-3H3,(H,15,16). The lowest BCUT2D eigenvalue weighted by molar-refractivity contribution is -0.133. The van der Waals surface area contributed by atoms with E-state index in [1.54, 1.807) is 0 Å². The molecule has 0 bridgehead atoms. The molecule has 1 amide bonds. The Hall–Kier alpha value is -0.610. The largest absolute Gasteiger partial charge is 0.368 e. The molecular weight excluding hydrogens is 216 g/mol. The van der Waals surface area contributed by atoms with Gasteiger partial charge >= 0.3 is 0 Å². The van der Waals surface area contributed by atoms with Crippen molar-refractivity contribution in [1.29, 1.82) is 0 Å². The molecule has 0 radical (unpaired) electrons. The first kappa shape index (κ1) is 14.5. The van der Waals surface area contributed by atoms with Crippen molar-refractivity contribution in [3.63, 3.8) is 0 Å². The summed E-state index contributed by atoms with van der Waals surface area (Å²) in [4.78, 5) is 11.7.